The second-order valence-electron chi connectivity index (χ2n) is 5.48. The molecule has 20 heavy (non-hydrogen) atoms. The molecule has 1 aliphatic heterocycles. The molecule has 1 heterocycles. The highest BCUT2D eigenvalue weighted by Crippen LogP contribution is 2.31. The van der Waals surface area contributed by atoms with E-state index in [2.05, 4.69) is 5.32 Å². The number of benzene rings is 1. The zero-order chi connectivity index (χ0) is 13.9. The molecule has 2 aliphatic rings. The van der Waals surface area contributed by atoms with Gasteiger partial charge in [-0.2, -0.15) is 0 Å². The number of halogens is 1. The van der Waals surface area contributed by atoms with Crippen LogP contribution < -0.4 is 5.32 Å². The third kappa shape index (κ3) is 3.05. The Morgan fingerprint density at radius 3 is 2.80 bits per heavy atom. The van der Waals surface area contributed by atoms with Crippen LogP contribution in [-0.4, -0.2) is 29.9 Å². The second-order valence-corrected chi connectivity index (χ2v) is 5.89. The minimum Gasteiger partial charge on any atom is -0.335 e. The van der Waals surface area contributed by atoms with E-state index in [1.807, 2.05) is 41.3 Å². The summed E-state index contributed by atoms with van der Waals surface area (Å²) in [4.78, 5) is 14.7. The van der Waals surface area contributed by atoms with Gasteiger partial charge in [0, 0.05) is 30.7 Å². The molecule has 0 bridgehead atoms. The van der Waals surface area contributed by atoms with Crippen molar-refractivity contribution in [2.24, 2.45) is 5.92 Å². The maximum Gasteiger partial charge on any atom is 0.231 e. The fraction of sp³-hybridized carbons (Fsp3) is 0.438. The van der Waals surface area contributed by atoms with Crippen molar-refractivity contribution < 1.29 is 4.79 Å². The second kappa shape index (κ2) is 5.98. The third-order valence-electron chi connectivity index (χ3n) is 3.88. The van der Waals surface area contributed by atoms with E-state index in [1.54, 1.807) is 0 Å². The van der Waals surface area contributed by atoms with Gasteiger partial charge >= 0.3 is 0 Å². The predicted molar refractivity (Wildman–Crippen MR) is 80.5 cm³/mol. The van der Waals surface area contributed by atoms with Crippen LogP contribution in [0.3, 0.4) is 0 Å². The molecule has 1 saturated carbocycles. The van der Waals surface area contributed by atoms with Crippen LogP contribution >= 0.6 is 11.6 Å². The molecule has 106 valence electrons. The van der Waals surface area contributed by atoms with E-state index in [0.29, 0.717) is 12.6 Å². The summed E-state index contributed by atoms with van der Waals surface area (Å²) in [7, 11) is 0. The van der Waals surface area contributed by atoms with Crippen LogP contribution in [0.5, 0.6) is 0 Å². The van der Waals surface area contributed by atoms with Crippen molar-refractivity contribution in [3.8, 4) is 0 Å². The summed E-state index contributed by atoms with van der Waals surface area (Å²) in [5.74, 6) is 0.183. The molecule has 0 radical (unpaired) electrons. The number of nitrogens with zero attached hydrogens (tertiary/aromatic N) is 1. The molecule has 1 atom stereocenters. The van der Waals surface area contributed by atoms with Gasteiger partial charge in [0.2, 0.25) is 5.91 Å². The van der Waals surface area contributed by atoms with Gasteiger partial charge < -0.3 is 10.2 Å². The van der Waals surface area contributed by atoms with E-state index in [-0.39, 0.29) is 11.8 Å². The fourth-order valence-electron chi connectivity index (χ4n) is 2.59. The highest BCUT2D eigenvalue weighted by molar-refractivity contribution is 6.31. The maximum absolute atomic E-state index is 12.7. The minimum absolute atomic E-state index is 0.0353. The lowest BCUT2D eigenvalue weighted by molar-refractivity contribution is -0.135. The number of carbonyl (C=O) groups is 1. The van der Waals surface area contributed by atoms with Crippen molar-refractivity contribution in [3.05, 3.63) is 47.0 Å². The third-order valence-corrected chi connectivity index (χ3v) is 4.25. The average Bonchev–Trinajstić information content (AvgIpc) is 3.31. The molecular weight excluding hydrogens is 272 g/mol. The molecular formula is C16H19ClN2O. The number of amides is 1. The smallest absolute Gasteiger partial charge is 0.231 e. The quantitative estimate of drug-likeness (QED) is 0.865. The van der Waals surface area contributed by atoms with Gasteiger partial charge in [-0.15, -0.1) is 0 Å². The summed E-state index contributed by atoms with van der Waals surface area (Å²) in [6.45, 7) is 2.21. The molecule has 0 saturated heterocycles. The first-order chi connectivity index (χ1) is 9.75. The molecule has 0 spiro atoms. The summed E-state index contributed by atoms with van der Waals surface area (Å²) in [5, 5.41) is 3.98. The van der Waals surface area contributed by atoms with Crippen LogP contribution in [0.15, 0.2) is 36.4 Å². The number of hydrogen-bond acceptors (Lipinski definition) is 2. The van der Waals surface area contributed by atoms with Crippen LogP contribution in [0.2, 0.25) is 5.02 Å². The van der Waals surface area contributed by atoms with Crippen molar-refractivity contribution in [3.63, 3.8) is 0 Å². The summed E-state index contributed by atoms with van der Waals surface area (Å²) < 4.78 is 0. The maximum atomic E-state index is 12.7. The van der Waals surface area contributed by atoms with Crippen molar-refractivity contribution >= 4 is 17.5 Å². The van der Waals surface area contributed by atoms with Gasteiger partial charge in [0.25, 0.3) is 0 Å². The number of rotatable bonds is 4. The van der Waals surface area contributed by atoms with E-state index >= 15 is 0 Å². The Bertz CT molecular complexity index is 525. The van der Waals surface area contributed by atoms with Gasteiger partial charge in [-0.05, 0) is 24.5 Å². The van der Waals surface area contributed by atoms with Crippen LogP contribution in [0.25, 0.3) is 0 Å². The normalized spacial score (nSPS) is 21.8. The van der Waals surface area contributed by atoms with Gasteiger partial charge in [0.15, 0.2) is 0 Å². The van der Waals surface area contributed by atoms with Crippen molar-refractivity contribution in [2.45, 2.75) is 25.4 Å². The summed E-state index contributed by atoms with van der Waals surface area (Å²) in [5.41, 5.74) is 1.03. The first-order valence-electron chi connectivity index (χ1n) is 7.17. The average molecular weight is 291 g/mol. The van der Waals surface area contributed by atoms with Gasteiger partial charge in [0.1, 0.15) is 0 Å². The Kier molecular flexibility index (Phi) is 4.08. The minimum atomic E-state index is -0.0353. The standard InChI is InChI=1S/C16H19ClN2O/c17-15-6-2-1-4-13(15)11-19(14-7-8-14)16(20)12-5-3-9-18-10-12/h1-6,12,14,18H,7-11H2. The van der Waals surface area contributed by atoms with Crippen LogP contribution in [-0.2, 0) is 11.3 Å². The molecule has 1 aromatic rings. The van der Waals surface area contributed by atoms with Crippen LogP contribution in [0, 0.1) is 5.92 Å². The zero-order valence-corrected chi connectivity index (χ0v) is 12.1. The molecule has 3 rings (SSSR count). The van der Waals surface area contributed by atoms with E-state index in [1.165, 1.54) is 0 Å². The van der Waals surface area contributed by atoms with E-state index in [9.17, 15) is 4.79 Å². The molecule has 1 fully saturated rings. The Morgan fingerprint density at radius 2 is 2.15 bits per heavy atom. The lowest BCUT2D eigenvalue weighted by Gasteiger charge is -2.28. The monoisotopic (exact) mass is 290 g/mol. The summed E-state index contributed by atoms with van der Waals surface area (Å²) in [6, 6.07) is 8.17. The summed E-state index contributed by atoms with van der Waals surface area (Å²) >= 11 is 6.22. The van der Waals surface area contributed by atoms with Crippen molar-refractivity contribution in [1.29, 1.82) is 0 Å². The Hall–Kier alpha value is -1.32. The summed E-state index contributed by atoms with van der Waals surface area (Å²) in [6.07, 6.45) is 6.29. The largest absolute Gasteiger partial charge is 0.335 e. The molecule has 1 amide bonds. The van der Waals surface area contributed by atoms with Gasteiger partial charge in [-0.1, -0.05) is 42.0 Å². The number of hydrogen-bond donors (Lipinski definition) is 1. The van der Waals surface area contributed by atoms with Crippen LogP contribution in [0.1, 0.15) is 18.4 Å². The Labute approximate surface area is 124 Å². The fourth-order valence-corrected chi connectivity index (χ4v) is 2.78. The van der Waals surface area contributed by atoms with Gasteiger partial charge in [-0.3, -0.25) is 4.79 Å². The molecule has 1 N–H and O–H groups in total. The molecule has 1 aliphatic carbocycles. The molecule has 3 nitrogen and oxygen atoms in total. The number of nitrogens with one attached hydrogen (secondary N) is 1. The topological polar surface area (TPSA) is 32.3 Å². The molecule has 1 unspecified atom stereocenters. The van der Waals surface area contributed by atoms with E-state index in [4.69, 9.17) is 11.6 Å². The van der Waals surface area contributed by atoms with Gasteiger partial charge in [-0.25, -0.2) is 0 Å². The van der Waals surface area contributed by atoms with Gasteiger partial charge in [0.05, 0.1) is 5.92 Å². The highest BCUT2D eigenvalue weighted by Gasteiger charge is 2.35. The zero-order valence-electron chi connectivity index (χ0n) is 11.4. The molecule has 0 aromatic heterocycles. The predicted octanol–water partition coefficient (Wildman–Crippen LogP) is 2.61. The Morgan fingerprint density at radius 1 is 1.35 bits per heavy atom. The SMILES string of the molecule is O=C(C1C=CCNC1)N(Cc1ccccc1Cl)C1CC1. The lowest BCUT2D eigenvalue weighted by Crippen LogP contribution is -2.42. The Balaban J connectivity index is 1.75. The van der Waals surface area contributed by atoms with E-state index in [0.717, 1.165) is 36.5 Å². The first kappa shape index (κ1) is 13.7. The lowest BCUT2D eigenvalue weighted by atomic mass is 10.0. The van der Waals surface area contributed by atoms with Crippen molar-refractivity contribution in [2.75, 3.05) is 13.1 Å². The highest BCUT2D eigenvalue weighted by atomic mass is 35.5. The van der Waals surface area contributed by atoms with Crippen LogP contribution in [0.4, 0.5) is 0 Å². The molecule has 1 aromatic carbocycles. The number of carbonyl (C=O) groups excluding carboxylic acids is 1. The first-order valence-corrected chi connectivity index (χ1v) is 7.55. The molecule has 4 heteroatoms. The van der Waals surface area contributed by atoms with Crippen molar-refractivity contribution in [1.82, 2.24) is 10.2 Å². The van der Waals surface area contributed by atoms with E-state index < -0.39 is 0 Å².